The quantitative estimate of drug-likeness (QED) is 0.864. The molecule has 1 aromatic rings. The van der Waals surface area contributed by atoms with Crippen molar-refractivity contribution in [3.63, 3.8) is 0 Å². The lowest BCUT2D eigenvalue weighted by Crippen LogP contribution is -2.31. The van der Waals surface area contributed by atoms with Crippen LogP contribution in [-0.4, -0.2) is 34.9 Å². The zero-order valence-electron chi connectivity index (χ0n) is 11.7. The first-order valence-corrected chi connectivity index (χ1v) is 7.46. The molecule has 114 valence electrons. The van der Waals surface area contributed by atoms with E-state index in [1.165, 1.54) is 6.07 Å². The molecule has 0 unspecified atom stereocenters. The maximum atomic E-state index is 14.0. The van der Waals surface area contributed by atoms with Crippen molar-refractivity contribution in [1.29, 1.82) is 0 Å². The molecule has 3 rings (SSSR count). The number of aliphatic carboxylic acids is 1. The first-order chi connectivity index (χ1) is 10.5. The molecule has 0 bridgehead atoms. The number of anilines is 1. The number of nitrogens with one attached hydrogen (secondary N) is 1. The molecule has 2 N–H and O–H groups in total. The largest absolute Gasteiger partial charge is 0.478 e. The predicted octanol–water partition coefficient (Wildman–Crippen LogP) is 2.97. The number of carboxylic acids is 1. The lowest BCUT2D eigenvalue weighted by Gasteiger charge is -2.26. The summed E-state index contributed by atoms with van der Waals surface area (Å²) in [6, 6.07) is 4.57. The summed E-state index contributed by atoms with van der Waals surface area (Å²) in [7, 11) is 0. The van der Waals surface area contributed by atoms with Crippen LogP contribution in [-0.2, 0) is 4.79 Å². The Hall–Kier alpha value is -2.15. The van der Waals surface area contributed by atoms with Crippen LogP contribution in [0.15, 0.2) is 50.7 Å². The summed E-state index contributed by atoms with van der Waals surface area (Å²) in [6.07, 6.45) is 1.54. The standard InChI is InChI=1S/C15H13BrFN3O2/c1-8-13(19-12-3-2-9(16)6-11(12)17)10(15(21)22)7-20-5-4-18-14(8)20/h2-3,6-7,19H,4-5H2,1H3,(H,21,22). The summed E-state index contributed by atoms with van der Waals surface area (Å²) in [5, 5.41) is 12.3. The molecule has 0 amide bonds. The molecule has 0 radical (unpaired) electrons. The number of amidine groups is 1. The Bertz CT molecular complexity index is 755. The summed E-state index contributed by atoms with van der Waals surface area (Å²) in [5.74, 6) is -0.800. The zero-order valence-corrected chi connectivity index (χ0v) is 13.3. The van der Waals surface area contributed by atoms with Gasteiger partial charge < -0.3 is 15.3 Å². The van der Waals surface area contributed by atoms with Crippen LogP contribution >= 0.6 is 15.9 Å². The topological polar surface area (TPSA) is 64.9 Å². The predicted molar refractivity (Wildman–Crippen MR) is 85.1 cm³/mol. The maximum absolute atomic E-state index is 14.0. The molecule has 0 saturated carbocycles. The second-order valence-electron chi connectivity index (χ2n) is 5.00. The fraction of sp³-hybridized carbons (Fsp3) is 0.200. The van der Waals surface area contributed by atoms with Gasteiger partial charge in [-0.1, -0.05) is 15.9 Å². The molecule has 5 nitrogen and oxygen atoms in total. The van der Waals surface area contributed by atoms with Crippen LogP contribution in [0, 0.1) is 5.82 Å². The average Bonchev–Trinajstić information content (AvgIpc) is 2.92. The van der Waals surface area contributed by atoms with Gasteiger partial charge in [-0.3, -0.25) is 4.99 Å². The summed E-state index contributed by atoms with van der Waals surface area (Å²) in [6.45, 7) is 3.06. The van der Waals surface area contributed by atoms with Gasteiger partial charge in [-0.15, -0.1) is 0 Å². The number of rotatable bonds is 3. The average molecular weight is 366 g/mol. The van der Waals surface area contributed by atoms with E-state index >= 15 is 0 Å². The molecular weight excluding hydrogens is 353 g/mol. The maximum Gasteiger partial charge on any atom is 0.339 e. The second kappa shape index (κ2) is 5.57. The molecular formula is C15H13BrFN3O2. The lowest BCUT2D eigenvalue weighted by atomic mass is 10.0. The van der Waals surface area contributed by atoms with Crippen LogP contribution in [0.4, 0.5) is 10.1 Å². The highest BCUT2D eigenvalue weighted by molar-refractivity contribution is 9.10. The van der Waals surface area contributed by atoms with Crippen molar-refractivity contribution in [3.8, 4) is 0 Å². The monoisotopic (exact) mass is 365 g/mol. The summed E-state index contributed by atoms with van der Waals surface area (Å²) < 4.78 is 14.6. The summed E-state index contributed by atoms with van der Waals surface area (Å²) in [5.41, 5.74) is 1.38. The third-order valence-electron chi connectivity index (χ3n) is 3.56. The van der Waals surface area contributed by atoms with Crippen LogP contribution in [0.2, 0.25) is 0 Å². The Morgan fingerprint density at radius 3 is 2.95 bits per heavy atom. The van der Waals surface area contributed by atoms with E-state index in [1.54, 1.807) is 25.3 Å². The van der Waals surface area contributed by atoms with E-state index < -0.39 is 11.8 Å². The number of hydrogen-bond acceptors (Lipinski definition) is 4. The Kier molecular flexibility index (Phi) is 3.74. The SMILES string of the molecule is CC1=C(Nc2ccc(Br)cc2F)C(C(=O)O)=CN2CCN=C12. The minimum Gasteiger partial charge on any atom is -0.478 e. The highest BCUT2D eigenvalue weighted by atomic mass is 79.9. The van der Waals surface area contributed by atoms with Gasteiger partial charge in [0, 0.05) is 22.8 Å². The molecule has 2 heterocycles. The van der Waals surface area contributed by atoms with Crippen molar-refractivity contribution in [2.24, 2.45) is 4.99 Å². The Morgan fingerprint density at radius 1 is 1.50 bits per heavy atom. The fourth-order valence-electron chi connectivity index (χ4n) is 2.50. The van der Waals surface area contributed by atoms with Crippen LogP contribution in [0.5, 0.6) is 0 Å². The van der Waals surface area contributed by atoms with Crippen molar-refractivity contribution >= 4 is 33.4 Å². The molecule has 22 heavy (non-hydrogen) atoms. The van der Waals surface area contributed by atoms with Crippen molar-refractivity contribution in [2.45, 2.75) is 6.92 Å². The van der Waals surface area contributed by atoms with E-state index in [4.69, 9.17) is 0 Å². The smallest absolute Gasteiger partial charge is 0.339 e. The van der Waals surface area contributed by atoms with Crippen molar-refractivity contribution in [1.82, 2.24) is 4.90 Å². The van der Waals surface area contributed by atoms with Crippen LogP contribution in [0.25, 0.3) is 0 Å². The molecule has 0 spiro atoms. The van der Waals surface area contributed by atoms with Gasteiger partial charge in [0.15, 0.2) is 0 Å². The highest BCUT2D eigenvalue weighted by Gasteiger charge is 2.29. The normalized spacial score (nSPS) is 17.1. The lowest BCUT2D eigenvalue weighted by molar-refractivity contribution is -0.132. The first kappa shape index (κ1) is 14.8. The van der Waals surface area contributed by atoms with Gasteiger partial charge >= 0.3 is 5.97 Å². The number of nitrogens with zero attached hydrogens (tertiary/aromatic N) is 2. The third kappa shape index (κ3) is 2.52. The Morgan fingerprint density at radius 2 is 2.27 bits per heavy atom. The third-order valence-corrected chi connectivity index (χ3v) is 4.05. The van der Waals surface area contributed by atoms with Crippen LogP contribution < -0.4 is 5.32 Å². The van der Waals surface area contributed by atoms with Gasteiger partial charge in [0.25, 0.3) is 0 Å². The number of halogens is 2. The molecule has 7 heteroatoms. The Balaban J connectivity index is 2.04. The van der Waals surface area contributed by atoms with Gasteiger partial charge in [0.1, 0.15) is 11.7 Å². The molecule has 0 aromatic heterocycles. The van der Waals surface area contributed by atoms with E-state index in [-0.39, 0.29) is 11.3 Å². The van der Waals surface area contributed by atoms with Crippen LogP contribution in [0.3, 0.4) is 0 Å². The molecule has 0 saturated heterocycles. The fourth-order valence-corrected chi connectivity index (χ4v) is 2.84. The van der Waals surface area contributed by atoms with Crippen LogP contribution in [0.1, 0.15) is 6.92 Å². The first-order valence-electron chi connectivity index (χ1n) is 6.67. The van der Waals surface area contributed by atoms with E-state index in [2.05, 4.69) is 26.2 Å². The van der Waals surface area contributed by atoms with Crippen molar-refractivity contribution in [3.05, 3.63) is 51.5 Å². The molecule has 2 aliphatic rings. The highest BCUT2D eigenvalue weighted by Crippen LogP contribution is 2.29. The Labute approximate surface area is 135 Å². The number of benzene rings is 1. The number of fused-ring (bicyclic) bond motifs is 1. The zero-order chi connectivity index (χ0) is 15.9. The molecule has 0 aliphatic carbocycles. The van der Waals surface area contributed by atoms with Gasteiger partial charge in [-0.2, -0.15) is 0 Å². The van der Waals surface area contributed by atoms with E-state index in [0.717, 1.165) is 5.84 Å². The second-order valence-corrected chi connectivity index (χ2v) is 5.91. The number of carboxylic acid groups (broad SMARTS) is 1. The van der Waals surface area contributed by atoms with E-state index in [9.17, 15) is 14.3 Å². The summed E-state index contributed by atoms with van der Waals surface area (Å²) in [4.78, 5) is 17.7. The summed E-state index contributed by atoms with van der Waals surface area (Å²) >= 11 is 3.19. The van der Waals surface area contributed by atoms with Gasteiger partial charge in [-0.25, -0.2) is 9.18 Å². The number of aliphatic imine (C=N–C) groups is 1. The van der Waals surface area contributed by atoms with Gasteiger partial charge in [0.05, 0.1) is 23.5 Å². The van der Waals surface area contributed by atoms with E-state index in [1.807, 2.05) is 4.90 Å². The molecule has 0 fully saturated rings. The molecule has 0 atom stereocenters. The number of carbonyl (C=O) groups is 1. The minimum atomic E-state index is -1.06. The van der Waals surface area contributed by atoms with E-state index in [0.29, 0.717) is 28.8 Å². The molecule has 2 aliphatic heterocycles. The van der Waals surface area contributed by atoms with Gasteiger partial charge in [0.2, 0.25) is 0 Å². The van der Waals surface area contributed by atoms with Crippen molar-refractivity contribution < 1.29 is 14.3 Å². The van der Waals surface area contributed by atoms with Gasteiger partial charge in [-0.05, 0) is 25.1 Å². The molecule has 1 aromatic carbocycles. The minimum absolute atomic E-state index is 0.0978. The number of hydrogen-bond donors (Lipinski definition) is 2. The van der Waals surface area contributed by atoms with Crippen molar-refractivity contribution in [2.75, 3.05) is 18.4 Å².